The quantitative estimate of drug-likeness (QED) is 0.890. The number of fused-ring (bicyclic) bond motifs is 1. The van der Waals surface area contributed by atoms with E-state index in [0.29, 0.717) is 25.7 Å². The minimum Gasteiger partial charge on any atom is -0.477 e. The lowest BCUT2D eigenvalue weighted by Gasteiger charge is -2.29. The third-order valence-electron chi connectivity index (χ3n) is 3.19. The topological polar surface area (TPSA) is 70.4 Å². The highest BCUT2D eigenvalue weighted by Crippen LogP contribution is 2.20. The maximum absolute atomic E-state index is 12.8. The van der Waals surface area contributed by atoms with Crippen LogP contribution < -0.4 is 5.32 Å². The number of hydrogen-bond acceptors (Lipinski definition) is 4. The number of rotatable bonds is 3. The zero-order chi connectivity index (χ0) is 14.1. The molecule has 7 heteroatoms. The molecule has 3 rings (SSSR count). The van der Waals surface area contributed by atoms with E-state index in [2.05, 4.69) is 10.4 Å². The predicted molar refractivity (Wildman–Crippen MR) is 69.6 cm³/mol. The Morgan fingerprint density at radius 1 is 1.40 bits per heavy atom. The summed E-state index contributed by atoms with van der Waals surface area (Å²) in [6, 6.07) is 6.32. The maximum atomic E-state index is 12.8. The minimum atomic E-state index is -0.995. The summed E-state index contributed by atoms with van der Waals surface area (Å²) in [4.78, 5) is 13.0. The van der Waals surface area contributed by atoms with E-state index < -0.39 is 5.97 Å². The van der Waals surface area contributed by atoms with Gasteiger partial charge in [0.1, 0.15) is 17.2 Å². The maximum Gasteiger partial charge on any atom is 0.341 e. The first-order valence-corrected chi connectivity index (χ1v) is 6.13. The highest BCUT2D eigenvalue weighted by atomic mass is 19.1. The molecule has 6 nitrogen and oxygen atoms in total. The monoisotopic (exact) mass is 276 g/mol. The number of nitrogens with one attached hydrogen (secondary N) is 1. The molecule has 0 saturated heterocycles. The largest absolute Gasteiger partial charge is 0.477 e. The van der Waals surface area contributed by atoms with Crippen LogP contribution in [0.1, 0.15) is 15.9 Å². The first-order valence-electron chi connectivity index (χ1n) is 6.13. The summed E-state index contributed by atoms with van der Waals surface area (Å²) in [5.74, 6) is -0.732. The zero-order valence-corrected chi connectivity index (χ0v) is 10.6. The van der Waals surface area contributed by atoms with Crippen LogP contribution in [0.25, 0.3) is 0 Å². The molecular formula is C13H13FN4O2. The van der Waals surface area contributed by atoms with Crippen LogP contribution in [0.2, 0.25) is 0 Å². The molecule has 1 aromatic heterocycles. The van der Waals surface area contributed by atoms with Gasteiger partial charge in [0.15, 0.2) is 0 Å². The van der Waals surface area contributed by atoms with Gasteiger partial charge in [-0.3, -0.25) is 4.90 Å². The number of carboxylic acid groups (broad SMARTS) is 1. The SMILES string of the molecule is O=C(O)c1cnn2c1NCN(Cc1ccc(F)cc1)C2. The van der Waals surface area contributed by atoms with Gasteiger partial charge in [-0.2, -0.15) is 5.10 Å². The molecule has 0 radical (unpaired) electrons. The van der Waals surface area contributed by atoms with Gasteiger partial charge >= 0.3 is 5.97 Å². The smallest absolute Gasteiger partial charge is 0.341 e. The fourth-order valence-corrected chi connectivity index (χ4v) is 2.22. The number of aromatic nitrogens is 2. The third-order valence-corrected chi connectivity index (χ3v) is 3.19. The Morgan fingerprint density at radius 2 is 2.15 bits per heavy atom. The molecule has 20 heavy (non-hydrogen) atoms. The Morgan fingerprint density at radius 3 is 2.85 bits per heavy atom. The Bertz CT molecular complexity index is 638. The van der Waals surface area contributed by atoms with Crippen molar-refractivity contribution >= 4 is 11.8 Å². The number of benzene rings is 1. The Hall–Kier alpha value is -2.41. The van der Waals surface area contributed by atoms with Gasteiger partial charge in [-0.25, -0.2) is 13.9 Å². The Kier molecular flexibility index (Phi) is 3.11. The number of anilines is 1. The van der Waals surface area contributed by atoms with Crippen molar-refractivity contribution in [1.82, 2.24) is 14.7 Å². The zero-order valence-electron chi connectivity index (χ0n) is 10.6. The molecule has 2 N–H and O–H groups in total. The summed E-state index contributed by atoms with van der Waals surface area (Å²) in [6.45, 7) is 1.64. The second kappa shape index (κ2) is 4.93. The van der Waals surface area contributed by atoms with Gasteiger partial charge in [-0.05, 0) is 17.7 Å². The normalized spacial score (nSPS) is 14.7. The standard InChI is InChI=1S/C13H13FN4O2/c14-10-3-1-9(2-4-10)6-17-7-15-12-11(13(19)20)5-16-18(12)8-17/h1-5,15H,6-8H2,(H,19,20). The van der Waals surface area contributed by atoms with Gasteiger partial charge in [0.2, 0.25) is 0 Å². The third kappa shape index (κ3) is 2.35. The van der Waals surface area contributed by atoms with E-state index in [9.17, 15) is 9.18 Å². The van der Waals surface area contributed by atoms with Crippen molar-refractivity contribution in [2.45, 2.75) is 13.2 Å². The molecule has 1 aliphatic rings. The predicted octanol–water partition coefficient (Wildman–Crippen LogP) is 1.56. The summed E-state index contributed by atoms with van der Waals surface area (Å²) < 4.78 is 14.5. The van der Waals surface area contributed by atoms with Crippen molar-refractivity contribution in [1.29, 1.82) is 0 Å². The second-order valence-electron chi connectivity index (χ2n) is 4.64. The molecule has 0 unspecified atom stereocenters. The van der Waals surface area contributed by atoms with Crippen LogP contribution >= 0.6 is 0 Å². The molecule has 0 amide bonds. The van der Waals surface area contributed by atoms with Gasteiger partial charge in [0.05, 0.1) is 19.5 Å². The summed E-state index contributed by atoms with van der Waals surface area (Å²) in [5.41, 5.74) is 1.16. The van der Waals surface area contributed by atoms with E-state index >= 15 is 0 Å². The molecule has 0 aliphatic carbocycles. The lowest BCUT2D eigenvalue weighted by molar-refractivity contribution is 0.0697. The highest BCUT2D eigenvalue weighted by Gasteiger charge is 2.22. The van der Waals surface area contributed by atoms with E-state index in [1.807, 2.05) is 4.90 Å². The number of nitrogens with zero attached hydrogens (tertiary/aromatic N) is 3. The lowest BCUT2D eigenvalue weighted by atomic mass is 10.2. The average molecular weight is 276 g/mol. The fourth-order valence-electron chi connectivity index (χ4n) is 2.22. The first kappa shape index (κ1) is 12.6. The number of halogens is 1. The van der Waals surface area contributed by atoms with Crippen LogP contribution in [0.15, 0.2) is 30.5 Å². The molecule has 104 valence electrons. The van der Waals surface area contributed by atoms with E-state index in [1.54, 1.807) is 16.8 Å². The van der Waals surface area contributed by atoms with Crippen molar-refractivity contribution in [2.24, 2.45) is 0 Å². The van der Waals surface area contributed by atoms with Gasteiger partial charge in [0, 0.05) is 6.54 Å². The summed E-state index contributed by atoms with van der Waals surface area (Å²) in [7, 11) is 0. The van der Waals surface area contributed by atoms with Gasteiger partial charge in [-0.15, -0.1) is 0 Å². The molecule has 0 saturated carbocycles. The molecule has 2 heterocycles. The van der Waals surface area contributed by atoms with Crippen molar-refractivity contribution < 1.29 is 14.3 Å². The Labute approximate surface area is 114 Å². The van der Waals surface area contributed by atoms with Gasteiger partial charge < -0.3 is 10.4 Å². The molecule has 0 spiro atoms. The van der Waals surface area contributed by atoms with E-state index in [1.165, 1.54) is 18.3 Å². The minimum absolute atomic E-state index is 0.173. The molecule has 2 aromatic rings. The van der Waals surface area contributed by atoms with Crippen LogP contribution in [-0.4, -0.2) is 32.4 Å². The number of hydrogen-bond donors (Lipinski definition) is 2. The van der Waals surface area contributed by atoms with Crippen LogP contribution in [0.3, 0.4) is 0 Å². The van der Waals surface area contributed by atoms with Crippen LogP contribution in [0.5, 0.6) is 0 Å². The fraction of sp³-hybridized carbons (Fsp3) is 0.231. The van der Waals surface area contributed by atoms with Gasteiger partial charge in [-0.1, -0.05) is 12.1 Å². The number of carboxylic acids is 1. The van der Waals surface area contributed by atoms with E-state index in [-0.39, 0.29) is 11.4 Å². The second-order valence-corrected chi connectivity index (χ2v) is 4.64. The van der Waals surface area contributed by atoms with Crippen LogP contribution in [-0.2, 0) is 13.2 Å². The number of aromatic carboxylic acids is 1. The average Bonchev–Trinajstić information content (AvgIpc) is 2.84. The number of carbonyl (C=O) groups is 1. The van der Waals surface area contributed by atoms with Crippen molar-refractivity contribution in [3.8, 4) is 0 Å². The first-order chi connectivity index (χ1) is 9.63. The Balaban J connectivity index is 1.73. The summed E-state index contributed by atoms with van der Waals surface area (Å²) in [6.07, 6.45) is 1.34. The van der Waals surface area contributed by atoms with E-state index in [0.717, 1.165) is 5.56 Å². The van der Waals surface area contributed by atoms with Crippen molar-refractivity contribution in [3.05, 3.63) is 47.4 Å². The molecule has 0 fully saturated rings. The van der Waals surface area contributed by atoms with Crippen molar-refractivity contribution in [2.75, 3.05) is 12.0 Å². The van der Waals surface area contributed by atoms with Gasteiger partial charge in [0.25, 0.3) is 0 Å². The summed E-state index contributed by atoms with van der Waals surface area (Å²) >= 11 is 0. The molecule has 0 bridgehead atoms. The van der Waals surface area contributed by atoms with Crippen LogP contribution in [0, 0.1) is 5.82 Å². The van der Waals surface area contributed by atoms with Crippen molar-refractivity contribution in [3.63, 3.8) is 0 Å². The van der Waals surface area contributed by atoms with Crippen LogP contribution in [0.4, 0.5) is 10.2 Å². The lowest BCUT2D eigenvalue weighted by Crippen LogP contribution is -2.37. The van der Waals surface area contributed by atoms with E-state index in [4.69, 9.17) is 5.11 Å². The summed E-state index contributed by atoms with van der Waals surface area (Å²) in [5, 5.41) is 16.1. The molecule has 1 aliphatic heterocycles. The molecular weight excluding hydrogens is 263 g/mol. The molecule has 0 atom stereocenters. The molecule has 1 aromatic carbocycles. The highest BCUT2D eigenvalue weighted by molar-refractivity contribution is 5.93.